The number of methoxy groups -OCH3 is 1. The third-order valence-corrected chi connectivity index (χ3v) is 4.92. The molecule has 0 atom stereocenters. The highest BCUT2D eigenvalue weighted by atomic mass is 79.9. The van der Waals surface area contributed by atoms with Crippen LogP contribution in [0.5, 0.6) is 5.75 Å². The average molecular weight is 406 g/mol. The van der Waals surface area contributed by atoms with Gasteiger partial charge in [-0.15, -0.1) is 0 Å². The molecule has 2 aromatic rings. The van der Waals surface area contributed by atoms with Crippen LogP contribution in [0.4, 0.5) is 0 Å². The Hall–Kier alpha value is -1.69. The smallest absolute Gasteiger partial charge is 0.216 e. The van der Waals surface area contributed by atoms with Gasteiger partial charge in [0, 0.05) is 18.4 Å². The monoisotopic (exact) mass is 405 g/mol. The van der Waals surface area contributed by atoms with E-state index >= 15 is 0 Å². The molecule has 1 aliphatic rings. The minimum Gasteiger partial charge on any atom is -1.00 e. The Bertz CT molecular complexity index is 680. The van der Waals surface area contributed by atoms with Crippen LogP contribution in [0, 0.1) is 0 Å². The molecule has 1 aliphatic heterocycles. The van der Waals surface area contributed by atoms with Gasteiger partial charge in [0.15, 0.2) is 0 Å². The highest BCUT2D eigenvalue weighted by molar-refractivity contribution is 5.96. The standard InChI is InChI=1S/C20H23NO3.BrH/c1-24-18-9-7-16(8-10-18)19(22)15-21-13-11-20(23,12-14-21)17-5-3-2-4-6-17;/h2-10,23H,11-15H2,1H3;1H. The number of hydrogen-bond acceptors (Lipinski definition) is 3. The van der Waals surface area contributed by atoms with Gasteiger partial charge in [0.2, 0.25) is 5.78 Å². The number of likely N-dealkylation sites (tertiary alicyclic amines) is 1. The summed E-state index contributed by atoms with van der Waals surface area (Å²) in [5.41, 5.74) is 0.936. The second kappa shape index (κ2) is 8.61. The summed E-state index contributed by atoms with van der Waals surface area (Å²) >= 11 is 0. The minimum absolute atomic E-state index is 0. The maximum atomic E-state index is 12.4. The Balaban J connectivity index is 0.00000225. The van der Waals surface area contributed by atoms with Gasteiger partial charge in [0.05, 0.1) is 20.2 Å². The van der Waals surface area contributed by atoms with Gasteiger partial charge in [0.25, 0.3) is 0 Å². The summed E-state index contributed by atoms with van der Waals surface area (Å²) < 4.78 is 5.12. The van der Waals surface area contributed by atoms with E-state index in [9.17, 15) is 9.90 Å². The topological polar surface area (TPSA) is 51.0 Å². The number of hydrogen-bond donors (Lipinski definition) is 2. The molecule has 1 saturated heterocycles. The molecular weight excluding hydrogens is 382 g/mol. The van der Waals surface area contributed by atoms with Crippen LogP contribution < -0.4 is 26.6 Å². The predicted octanol–water partition coefficient (Wildman–Crippen LogP) is -1.55. The summed E-state index contributed by atoms with van der Waals surface area (Å²) in [6, 6.07) is 17.1. The number of benzene rings is 2. The first-order valence-electron chi connectivity index (χ1n) is 8.39. The predicted molar refractivity (Wildman–Crippen MR) is 92.5 cm³/mol. The zero-order valence-electron chi connectivity index (χ0n) is 14.4. The van der Waals surface area contributed by atoms with Crippen molar-refractivity contribution >= 4 is 5.78 Å². The van der Waals surface area contributed by atoms with Crippen molar-refractivity contribution in [1.82, 2.24) is 0 Å². The van der Waals surface area contributed by atoms with Crippen LogP contribution >= 0.6 is 0 Å². The number of piperidine rings is 1. The number of Topliss-reactive ketones (excluding diaryl/α,β-unsaturated/α-hetero) is 1. The Morgan fingerprint density at radius 2 is 1.68 bits per heavy atom. The first-order valence-corrected chi connectivity index (χ1v) is 8.39. The number of quaternary nitrogens is 1. The molecule has 25 heavy (non-hydrogen) atoms. The Labute approximate surface area is 159 Å². The summed E-state index contributed by atoms with van der Waals surface area (Å²) in [6.07, 6.45) is 1.37. The second-order valence-corrected chi connectivity index (χ2v) is 6.48. The van der Waals surface area contributed by atoms with Crippen molar-refractivity contribution in [3.8, 4) is 5.75 Å². The minimum atomic E-state index is -0.756. The number of carbonyl (C=O) groups excluding carboxylic acids is 1. The number of rotatable bonds is 5. The summed E-state index contributed by atoms with van der Waals surface area (Å²) in [4.78, 5) is 13.7. The van der Waals surface area contributed by atoms with Crippen molar-refractivity contribution in [1.29, 1.82) is 0 Å². The second-order valence-electron chi connectivity index (χ2n) is 6.48. The highest BCUT2D eigenvalue weighted by Crippen LogP contribution is 2.28. The highest BCUT2D eigenvalue weighted by Gasteiger charge is 2.36. The van der Waals surface area contributed by atoms with Crippen molar-refractivity contribution in [3.05, 3.63) is 65.7 Å². The lowest BCUT2D eigenvalue weighted by molar-refractivity contribution is -0.899. The van der Waals surface area contributed by atoms with Gasteiger partial charge in [-0.1, -0.05) is 30.3 Å². The Morgan fingerprint density at radius 3 is 2.24 bits per heavy atom. The van der Waals surface area contributed by atoms with Gasteiger partial charge in [-0.05, 0) is 29.8 Å². The average Bonchev–Trinajstić information content (AvgIpc) is 2.64. The van der Waals surface area contributed by atoms with Crippen LogP contribution in [0.1, 0.15) is 28.8 Å². The van der Waals surface area contributed by atoms with Crippen LogP contribution in [0.25, 0.3) is 0 Å². The third kappa shape index (κ3) is 4.69. The quantitative estimate of drug-likeness (QED) is 0.592. The third-order valence-electron chi connectivity index (χ3n) is 4.92. The molecule has 4 nitrogen and oxygen atoms in total. The molecule has 0 unspecified atom stereocenters. The number of ether oxygens (including phenoxy) is 1. The number of halogens is 1. The van der Waals surface area contributed by atoms with E-state index in [4.69, 9.17) is 4.74 Å². The molecule has 0 amide bonds. The van der Waals surface area contributed by atoms with Crippen molar-refractivity contribution in [2.75, 3.05) is 26.7 Å². The zero-order valence-corrected chi connectivity index (χ0v) is 16.0. The van der Waals surface area contributed by atoms with E-state index in [1.807, 2.05) is 54.6 Å². The number of aliphatic hydroxyl groups is 1. The maximum Gasteiger partial charge on any atom is 0.216 e. The molecular formula is C20H24BrNO3. The molecule has 5 heteroatoms. The molecule has 0 aromatic heterocycles. The van der Waals surface area contributed by atoms with Gasteiger partial charge in [-0.3, -0.25) is 4.79 Å². The summed E-state index contributed by atoms with van der Waals surface area (Å²) in [5.74, 6) is 0.891. The Morgan fingerprint density at radius 1 is 1.08 bits per heavy atom. The SMILES string of the molecule is COc1ccc(C(=O)C[NH+]2CCC(O)(c3ccccc3)CC2)cc1.[Br-]. The van der Waals surface area contributed by atoms with Gasteiger partial charge < -0.3 is 31.7 Å². The molecule has 2 N–H and O–H groups in total. The summed E-state index contributed by atoms with van der Waals surface area (Å²) in [5, 5.41) is 10.9. The Kier molecular flexibility index (Phi) is 6.76. The lowest BCUT2D eigenvalue weighted by Crippen LogP contribution is -3.14. The lowest BCUT2D eigenvalue weighted by atomic mass is 9.84. The molecule has 0 spiro atoms. The van der Waals surface area contributed by atoms with Gasteiger partial charge in [-0.25, -0.2) is 0 Å². The van der Waals surface area contributed by atoms with Crippen molar-refractivity contribution in [2.45, 2.75) is 18.4 Å². The molecule has 1 heterocycles. The van der Waals surface area contributed by atoms with Crippen molar-refractivity contribution < 1.29 is 36.5 Å². The van der Waals surface area contributed by atoms with Crippen LogP contribution in [0.15, 0.2) is 54.6 Å². The van der Waals surface area contributed by atoms with Crippen LogP contribution in [0.3, 0.4) is 0 Å². The maximum absolute atomic E-state index is 12.4. The first kappa shape index (κ1) is 19.6. The normalized spacial score (nSPS) is 22.7. The van der Waals surface area contributed by atoms with E-state index < -0.39 is 5.60 Å². The lowest BCUT2D eigenvalue weighted by Gasteiger charge is -2.36. The molecule has 0 saturated carbocycles. The van der Waals surface area contributed by atoms with Crippen molar-refractivity contribution in [3.63, 3.8) is 0 Å². The summed E-state index contributed by atoms with van der Waals surface area (Å²) in [6.45, 7) is 2.07. The molecule has 0 aliphatic carbocycles. The molecule has 3 rings (SSSR count). The van der Waals surface area contributed by atoms with Crippen molar-refractivity contribution in [2.24, 2.45) is 0 Å². The van der Waals surface area contributed by atoms with E-state index in [0.29, 0.717) is 24.9 Å². The largest absolute Gasteiger partial charge is 1.00 e. The molecule has 0 radical (unpaired) electrons. The van der Waals surface area contributed by atoms with Crippen LogP contribution in [0.2, 0.25) is 0 Å². The van der Waals surface area contributed by atoms with E-state index in [2.05, 4.69) is 0 Å². The van der Waals surface area contributed by atoms with E-state index in [1.165, 1.54) is 4.90 Å². The van der Waals surface area contributed by atoms with Gasteiger partial charge >= 0.3 is 0 Å². The molecule has 0 bridgehead atoms. The number of ketones is 1. The number of nitrogens with one attached hydrogen (secondary N) is 1. The fraction of sp³-hybridized carbons (Fsp3) is 0.350. The van der Waals surface area contributed by atoms with E-state index in [1.54, 1.807) is 7.11 Å². The zero-order chi connectivity index (χ0) is 17.0. The number of carbonyl (C=O) groups is 1. The van der Waals surface area contributed by atoms with Crippen LogP contribution in [-0.2, 0) is 5.60 Å². The van der Waals surface area contributed by atoms with Gasteiger partial charge in [-0.2, -0.15) is 0 Å². The molecule has 134 valence electrons. The molecule has 2 aromatic carbocycles. The van der Waals surface area contributed by atoms with E-state index in [-0.39, 0.29) is 22.8 Å². The van der Waals surface area contributed by atoms with Crippen LogP contribution in [-0.4, -0.2) is 37.6 Å². The fourth-order valence-corrected chi connectivity index (χ4v) is 3.34. The van der Waals surface area contributed by atoms with E-state index in [0.717, 1.165) is 24.4 Å². The first-order chi connectivity index (χ1) is 11.6. The summed E-state index contributed by atoms with van der Waals surface area (Å²) in [7, 11) is 1.61. The van der Waals surface area contributed by atoms with Gasteiger partial charge in [0.1, 0.15) is 17.9 Å². The fourth-order valence-electron chi connectivity index (χ4n) is 3.34. The molecule has 1 fully saturated rings.